The molecule has 0 aromatic carbocycles. The molecule has 0 saturated heterocycles. The first kappa shape index (κ1) is 11.8. The molecule has 2 rings (SSSR count). The predicted octanol–water partition coefficient (Wildman–Crippen LogP) is 1.71. The van der Waals surface area contributed by atoms with Crippen LogP contribution in [-0.4, -0.2) is 22.1 Å². The molecule has 0 unspecified atom stereocenters. The summed E-state index contributed by atoms with van der Waals surface area (Å²) < 4.78 is 5.18. The fourth-order valence-corrected chi connectivity index (χ4v) is 2.22. The van der Waals surface area contributed by atoms with Crippen molar-refractivity contribution < 1.29 is 9.32 Å². The van der Waals surface area contributed by atoms with Crippen molar-refractivity contribution in [1.82, 2.24) is 15.5 Å². The molecule has 1 fully saturated rings. The number of nitrogens with one attached hydrogen (secondary N) is 1. The van der Waals surface area contributed by atoms with Gasteiger partial charge in [-0.3, -0.25) is 4.79 Å². The molecule has 1 aromatic rings. The predicted molar refractivity (Wildman–Crippen MR) is 62.4 cm³/mol. The van der Waals surface area contributed by atoms with Crippen LogP contribution in [-0.2, 0) is 4.79 Å². The fraction of sp³-hybridized carbons (Fsp3) is 0.583. The largest absolute Gasteiger partial charge is 0.350 e. The minimum absolute atomic E-state index is 0.0953. The maximum atomic E-state index is 11.2. The number of hydrogen-bond acceptors (Lipinski definition) is 4. The summed E-state index contributed by atoms with van der Waals surface area (Å²) in [6.07, 6.45) is 5.16. The van der Waals surface area contributed by atoms with Gasteiger partial charge < -0.3 is 9.84 Å². The van der Waals surface area contributed by atoms with Crippen LogP contribution in [0.25, 0.3) is 0 Å². The van der Waals surface area contributed by atoms with Gasteiger partial charge in [-0.25, -0.2) is 0 Å². The highest BCUT2D eigenvalue weighted by atomic mass is 16.5. The molecule has 0 radical (unpaired) electrons. The molecule has 1 saturated carbocycles. The van der Waals surface area contributed by atoms with Gasteiger partial charge in [0, 0.05) is 12.0 Å². The average Bonchev–Trinajstić information content (AvgIpc) is 2.77. The quantitative estimate of drug-likeness (QED) is 0.810. The van der Waals surface area contributed by atoms with Crippen LogP contribution in [0, 0.1) is 6.92 Å². The van der Waals surface area contributed by atoms with E-state index in [4.69, 9.17) is 4.52 Å². The third-order valence-electron chi connectivity index (χ3n) is 3.15. The Morgan fingerprint density at radius 1 is 1.47 bits per heavy atom. The maximum absolute atomic E-state index is 11.2. The fourth-order valence-electron chi connectivity index (χ4n) is 2.22. The van der Waals surface area contributed by atoms with E-state index in [0.717, 1.165) is 31.6 Å². The van der Waals surface area contributed by atoms with Gasteiger partial charge in [0.05, 0.1) is 0 Å². The second kappa shape index (κ2) is 5.12. The summed E-state index contributed by atoms with van der Waals surface area (Å²) >= 11 is 0. The van der Waals surface area contributed by atoms with E-state index in [1.807, 2.05) is 6.92 Å². The van der Waals surface area contributed by atoms with Crippen LogP contribution in [0.15, 0.2) is 17.2 Å². The number of aryl methyl sites for hydroxylation is 1. The van der Waals surface area contributed by atoms with Gasteiger partial charge in [0.15, 0.2) is 5.82 Å². The molecule has 5 nitrogen and oxygen atoms in total. The molecule has 0 spiro atoms. The lowest BCUT2D eigenvalue weighted by Gasteiger charge is -2.26. The molecule has 17 heavy (non-hydrogen) atoms. The van der Waals surface area contributed by atoms with Crippen molar-refractivity contribution >= 4 is 5.91 Å². The van der Waals surface area contributed by atoms with Gasteiger partial charge in [0.2, 0.25) is 11.8 Å². The molecule has 1 heterocycles. The van der Waals surface area contributed by atoms with Gasteiger partial charge in [-0.05, 0) is 38.7 Å². The maximum Gasteiger partial charge on any atom is 0.243 e. The van der Waals surface area contributed by atoms with Crippen molar-refractivity contribution in [3.63, 3.8) is 0 Å². The molecular formula is C12H17N3O2. The number of amides is 1. The van der Waals surface area contributed by atoms with E-state index in [9.17, 15) is 4.79 Å². The van der Waals surface area contributed by atoms with E-state index in [-0.39, 0.29) is 11.9 Å². The van der Waals surface area contributed by atoms with Crippen LogP contribution in [0.5, 0.6) is 0 Å². The first-order valence-electron chi connectivity index (χ1n) is 5.92. The van der Waals surface area contributed by atoms with Crippen LogP contribution in [0.3, 0.4) is 0 Å². The number of rotatable bonds is 3. The van der Waals surface area contributed by atoms with Gasteiger partial charge in [-0.15, -0.1) is 0 Å². The number of nitrogens with zero attached hydrogens (tertiary/aromatic N) is 2. The van der Waals surface area contributed by atoms with Crippen LogP contribution >= 0.6 is 0 Å². The Balaban J connectivity index is 1.85. The highest BCUT2D eigenvalue weighted by Gasteiger charge is 2.26. The molecular weight excluding hydrogens is 218 g/mol. The van der Waals surface area contributed by atoms with E-state index in [2.05, 4.69) is 22.0 Å². The van der Waals surface area contributed by atoms with Gasteiger partial charge in [0.25, 0.3) is 0 Å². The van der Waals surface area contributed by atoms with Gasteiger partial charge >= 0.3 is 0 Å². The molecule has 1 aliphatic carbocycles. The molecule has 0 aliphatic heterocycles. The Morgan fingerprint density at radius 2 is 2.18 bits per heavy atom. The summed E-state index contributed by atoms with van der Waals surface area (Å²) in [5, 5.41) is 6.73. The molecule has 0 atom stereocenters. The molecule has 1 aliphatic rings. The van der Waals surface area contributed by atoms with Crippen molar-refractivity contribution in [3.8, 4) is 0 Å². The Labute approximate surface area is 100 Å². The van der Waals surface area contributed by atoms with Gasteiger partial charge in [-0.2, -0.15) is 4.98 Å². The smallest absolute Gasteiger partial charge is 0.243 e. The highest BCUT2D eigenvalue weighted by Crippen LogP contribution is 2.31. The normalized spacial score (nSPS) is 24.3. The number of carbonyl (C=O) groups is 1. The van der Waals surface area contributed by atoms with Crippen molar-refractivity contribution in [2.75, 3.05) is 0 Å². The number of aromatic nitrogens is 2. The molecule has 1 aromatic heterocycles. The van der Waals surface area contributed by atoms with Gasteiger partial charge in [0.1, 0.15) is 0 Å². The Bertz CT molecular complexity index is 406. The van der Waals surface area contributed by atoms with E-state index < -0.39 is 0 Å². The second-order valence-electron chi connectivity index (χ2n) is 4.44. The summed E-state index contributed by atoms with van der Waals surface area (Å²) in [5.74, 6) is 1.66. The Hall–Kier alpha value is -1.65. The monoisotopic (exact) mass is 235 g/mol. The topological polar surface area (TPSA) is 68.0 Å². The lowest BCUT2D eigenvalue weighted by atomic mass is 9.86. The lowest BCUT2D eigenvalue weighted by molar-refractivity contribution is -0.117. The Kier molecular flexibility index (Phi) is 3.56. The molecule has 5 heteroatoms. The Morgan fingerprint density at radius 3 is 2.71 bits per heavy atom. The van der Waals surface area contributed by atoms with E-state index in [0.29, 0.717) is 11.7 Å². The van der Waals surface area contributed by atoms with Crippen molar-refractivity contribution in [1.29, 1.82) is 0 Å². The first-order valence-corrected chi connectivity index (χ1v) is 5.92. The lowest BCUT2D eigenvalue weighted by Crippen LogP contribution is -2.36. The minimum Gasteiger partial charge on any atom is -0.350 e. The molecule has 0 bridgehead atoms. The van der Waals surface area contributed by atoms with Crippen LogP contribution in [0.4, 0.5) is 0 Å². The zero-order valence-electron chi connectivity index (χ0n) is 9.98. The van der Waals surface area contributed by atoms with E-state index >= 15 is 0 Å². The number of carbonyl (C=O) groups excluding carboxylic acids is 1. The standard InChI is InChI=1S/C12H17N3O2/c1-3-11(16)14-10-6-4-9(5-7-10)12-13-8(2)15-17-12/h3,9-10H,1,4-7H2,2H3,(H,14,16). The van der Waals surface area contributed by atoms with Crippen molar-refractivity contribution in [2.24, 2.45) is 0 Å². The van der Waals surface area contributed by atoms with Crippen molar-refractivity contribution in [3.05, 3.63) is 24.4 Å². The van der Waals surface area contributed by atoms with Gasteiger partial charge in [-0.1, -0.05) is 11.7 Å². The first-order chi connectivity index (χ1) is 8.19. The number of hydrogen-bond donors (Lipinski definition) is 1. The molecule has 1 amide bonds. The minimum atomic E-state index is -0.0953. The van der Waals surface area contributed by atoms with Crippen LogP contribution < -0.4 is 5.32 Å². The average molecular weight is 235 g/mol. The summed E-state index contributed by atoms with van der Waals surface area (Å²) in [6, 6.07) is 0.251. The van der Waals surface area contributed by atoms with E-state index in [1.54, 1.807) is 0 Å². The van der Waals surface area contributed by atoms with E-state index in [1.165, 1.54) is 6.08 Å². The summed E-state index contributed by atoms with van der Waals surface area (Å²) in [4.78, 5) is 15.4. The summed E-state index contributed by atoms with van der Waals surface area (Å²) in [6.45, 7) is 5.27. The van der Waals surface area contributed by atoms with Crippen LogP contribution in [0.2, 0.25) is 0 Å². The summed E-state index contributed by atoms with van der Waals surface area (Å²) in [5.41, 5.74) is 0. The summed E-state index contributed by atoms with van der Waals surface area (Å²) in [7, 11) is 0. The third kappa shape index (κ3) is 2.93. The zero-order chi connectivity index (χ0) is 12.3. The highest BCUT2D eigenvalue weighted by molar-refractivity contribution is 5.87. The SMILES string of the molecule is C=CC(=O)NC1CCC(c2nc(C)no2)CC1. The molecule has 1 N–H and O–H groups in total. The zero-order valence-corrected chi connectivity index (χ0v) is 9.98. The van der Waals surface area contributed by atoms with Crippen LogP contribution in [0.1, 0.15) is 43.3 Å². The third-order valence-corrected chi connectivity index (χ3v) is 3.15. The molecule has 92 valence electrons. The second-order valence-corrected chi connectivity index (χ2v) is 4.44. The van der Waals surface area contributed by atoms with Crippen molar-refractivity contribution in [2.45, 2.75) is 44.6 Å².